The Morgan fingerprint density at radius 2 is 1.71 bits per heavy atom. The average Bonchev–Trinajstić information content (AvgIpc) is 3.16. The number of halogens is 1. The van der Waals surface area contributed by atoms with Gasteiger partial charge in [0, 0.05) is 30.7 Å². The summed E-state index contributed by atoms with van der Waals surface area (Å²) in [7, 11) is -2.00. The minimum Gasteiger partial charge on any atom is -0.329 e. The Bertz CT molecular complexity index is 1390. The van der Waals surface area contributed by atoms with Crippen molar-refractivity contribution in [2.45, 2.75) is 42.0 Å². The Balaban J connectivity index is 1.35. The predicted octanol–water partition coefficient (Wildman–Crippen LogP) is 5.26. The van der Waals surface area contributed by atoms with Gasteiger partial charge in [-0.25, -0.2) is 12.7 Å². The third kappa shape index (κ3) is 5.13. The van der Waals surface area contributed by atoms with E-state index in [1.54, 1.807) is 37.4 Å². The van der Waals surface area contributed by atoms with Gasteiger partial charge >= 0.3 is 0 Å². The Morgan fingerprint density at radius 3 is 2.45 bits per heavy atom. The average molecular weight is 552 g/mol. The number of nitrogens with one attached hydrogen (secondary N) is 1. The maximum Gasteiger partial charge on any atom is 0.254 e. The molecule has 2 aliphatic heterocycles. The van der Waals surface area contributed by atoms with Crippen LogP contribution in [0.3, 0.4) is 0 Å². The molecule has 1 atom stereocenters. The maximum absolute atomic E-state index is 13.5. The van der Waals surface area contributed by atoms with Gasteiger partial charge in [-0.1, -0.05) is 60.1 Å². The highest BCUT2D eigenvalue weighted by Gasteiger charge is 2.49. The van der Waals surface area contributed by atoms with Crippen LogP contribution in [0.5, 0.6) is 0 Å². The van der Waals surface area contributed by atoms with Gasteiger partial charge < -0.3 is 10.2 Å². The number of hydrogen-bond donors (Lipinski definition) is 1. The van der Waals surface area contributed by atoms with E-state index in [4.69, 9.17) is 11.6 Å². The Hall–Kier alpha value is -2.71. The second-order valence-corrected chi connectivity index (χ2v) is 12.8. The first-order valence-corrected chi connectivity index (χ1v) is 15.0. The minimum absolute atomic E-state index is 0.0683. The molecule has 0 unspecified atom stereocenters. The molecule has 3 aromatic rings. The molecule has 0 aliphatic carbocycles. The molecule has 2 aliphatic rings. The number of carbonyl (C=O) groups is 1. The first kappa shape index (κ1) is 26.9. The molecule has 2 heterocycles. The number of hydrogen-bond acceptors (Lipinski definition) is 4. The molecule has 1 amide bonds. The number of likely N-dealkylation sites (N-methyl/N-ethyl adjacent to an activating group) is 1. The van der Waals surface area contributed by atoms with Crippen molar-refractivity contribution in [1.82, 2.24) is 14.5 Å². The zero-order valence-corrected chi connectivity index (χ0v) is 23.2. The molecule has 0 aromatic heterocycles. The number of benzene rings is 3. The van der Waals surface area contributed by atoms with Crippen LogP contribution in [0, 0.1) is 0 Å². The third-order valence-electron chi connectivity index (χ3n) is 8.03. The summed E-state index contributed by atoms with van der Waals surface area (Å²) in [4.78, 5) is 15.9. The van der Waals surface area contributed by atoms with Crippen LogP contribution in [0.25, 0.3) is 0 Å². The summed E-state index contributed by atoms with van der Waals surface area (Å²) < 4.78 is 28.0. The van der Waals surface area contributed by atoms with E-state index in [2.05, 4.69) is 16.3 Å². The van der Waals surface area contributed by atoms with Crippen molar-refractivity contribution >= 4 is 27.5 Å². The number of sulfonamides is 1. The lowest BCUT2D eigenvalue weighted by Gasteiger charge is -2.42. The van der Waals surface area contributed by atoms with E-state index in [9.17, 15) is 13.2 Å². The van der Waals surface area contributed by atoms with E-state index in [0.29, 0.717) is 18.1 Å². The van der Waals surface area contributed by atoms with Crippen LogP contribution in [0.2, 0.25) is 5.02 Å². The fourth-order valence-corrected chi connectivity index (χ4v) is 7.49. The molecule has 1 N–H and O–H groups in total. The molecule has 3 aromatic carbocycles. The monoisotopic (exact) mass is 551 g/mol. The number of amides is 1. The van der Waals surface area contributed by atoms with E-state index >= 15 is 0 Å². The molecule has 6 nitrogen and oxygen atoms in total. The molecule has 200 valence electrons. The molecular weight excluding hydrogens is 518 g/mol. The highest BCUT2D eigenvalue weighted by atomic mass is 35.5. The number of nitrogens with zero attached hydrogens (tertiary/aromatic N) is 2. The van der Waals surface area contributed by atoms with Crippen LogP contribution in [-0.4, -0.2) is 56.8 Å². The smallest absolute Gasteiger partial charge is 0.254 e. The van der Waals surface area contributed by atoms with E-state index in [-0.39, 0.29) is 22.3 Å². The van der Waals surface area contributed by atoms with E-state index in [1.165, 1.54) is 4.31 Å². The largest absolute Gasteiger partial charge is 0.329 e. The van der Waals surface area contributed by atoms with Crippen LogP contribution >= 0.6 is 11.6 Å². The highest BCUT2D eigenvalue weighted by molar-refractivity contribution is 7.89. The van der Waals surface area contributed by atoms with Crippen molar-refractivity contribution in [3.05, 3.63) is 101 Å². The normalized spacial score (nSPS) is 17.7. The molecule has 8 heteroatoms. The summed E-state index contributed by atoms with van der Waals surface area (Å²) in [5, 5.41) is 4.06. The number of carbonyl (C=O) groups excluding carboxylic acids is 1. The topological polar surface area (TPSA) is 69.7 Å². The zero-order valence-electron chi connectivity index (χ0n) is 21.6. The Labute approximate surface area is 230 Å². The lowest BCUT2D eigenvalue weighted by Crippen LogP contribution is -2.50. The second-order valence-electron chi connectivity index (χ2n) is 10.3. The molecule has 1 spiro atoms. The van der Waals surface area contributed by atoms with Gasteiger partial charge in [0.15, 0.2) is 0 Å². The van der Waals surface area contributed by atoms with Crippen molar-refractivity contribution in [3.63, 3.8) is 0 Å². The lowest BCUT2D eigenvalue weighted by atomic mass is 9.81. The minimum atomic E-state index is -3.63. The van der Waals surface area contributed by atoms with Crippen LogP contribution in [0.15, 0.2) is 83.8 Å². The molecule has 0 bridgehead atoms. The van der Waals surface area contributed by atoms with Gasteiger partial charge in [-0.3, -0.25) is 4.79 Å². The summed E-state index contributed by atoms with van der Waals surface area (Å²) >= 11 is 6.33. The first-order chi connectivity index (χ1) is 18.3. The van der Waals surface area contributed by atoms with Crippen molar-refractivity contribution in [2.75, 3.05) is 33.2 Å². The summed E-state index contributed by atoms with van der Waals surface area (Å²) in [6.07, 6.45) is 3.27. The van der Waals surface area contributed by atoms with Crippen LogP contribution < -0.4 is 5.32 Å². The van der Waals surface area contributed by atoms with Crippen molar-refractivity contribution in [2.24, 2.45) is 0 Å². The fraction of sp³-hybridized carbons (Fsp3) is 0.367. The van der Waals surface area contributed by atoms with Gasteiger partial charge in [0.1, 0.15) is 0 Å². The third-order valence-corrected chi connectivity index (χ3v) is 10.1. The van der Waals surface area contributed by atoms with Gasteiger partial charge in [-0.05, 0) is 86.1 Å². The standard InChI is InChI=1S/C30H34ClN3O3S/c1-33(38(36,37)26-12-3-2-4-13-26)22-24(23-9-7-11-25(31)21-23)10-8-20-34-29(35)27-14-5-6-15-28(27)30(34)16-18-32-19-17-30/h2-7,9,11-15,21,24,32H,8,10,16-20,22H2,1H3/t24-/m1/s1. The SMILES string of the molecule is CN(C[C@@H](CCCN1C(=O)c2ccccc2C12CCNCC2)c1cccc(Cl)c1)S(=O)(=O)c1ccccc1. The predicted molar refractivity (Wildman–Crippen MR) is 151 cm³/mol. The number of piperidine rings is 1. The van der Waals surface area contributed by atoms with Crippen LogP contribution in [-0.2, 0) is 15.6 Å². The molecule has 5 rings (SSSR count). The second kappa shape index (κ2) is 11.2. The molecule has 1 fully saturated rings. The fourth-order valence-electron chi connectivity index (χ4n) is 6.06. The summed E-state index contributed by atoms with van der Waals surface area (Å²) in [5.41, 5.74) is 2.69. The summed E-state index contributed by atoms with van der Waals surface area (Å²) in [6.45, 7) is 2.71. The number of rotatable bonds is 9. The quantitative estimate of drug-likeness (QED) is 0.394. The van der Waals surface area contributed by atoms with Crippen molar-refractivity contribution in [1.29, 1.82) is 0 Å². The molecule has 0 radical (unpaired) electrons. The molecule has 0 saturated carbocycles. The van der Waals surface area contributed by atoms with Crippen LogP contribution in [0.4, 0.5) is 0 Å². The van der Waals surface area contributed by atoms with Crippen molar-refractivity contribution in [3.8, 4) is 0 Å². The summed E-state index contributed by atoms with van der Waals surface area (Å²) in [5.74, 6) is 0.0341. The Kier molecular flexibility index (Phi) is 7.91. The first-order valence-electron chi connectivity index (χ1n) is 13.2. The van der Waals surface area contributed by atoms with E-state index < -0.39 is 10.0 Å². The maximum atomic E-state index is 13.5. The van der Waals surface area contributed by atoms with Gasteiger partial charge in [-0.15, -0.1) is 0 Å². The number of fused-ring (bicyclic) bond motifs is 2. The highest BCUT2D eigenvalue weighted by Crippen LogP contribution is 2.45. The zero-order chi connectivity index (χ0) is 26.8. The van der Waals surface area contributed by atoms with Gasteiger partial charge in [-0.2, -0.15) is 0 Å². The Morgan fingerprint density at radius 1 is 1.00 bits per heavy atom. The lowest BCUT2D eigenvalue weighted by molar-refractivity contribution is 0.0437. The van der Waals surface area contributed by atoms with Gasteiger partial charge in [0.05, 0.1) is 10.4 Å². The summed E-state index contributed by atoms with van der Waals surface area (Å²) in [6, 6.07) is 24.2. The van der Waals surface area contributed by atoms with Gasteiger partial charge in [0.25, 0.3) is 5.91 Å². The van der Waals surface area contributed by atoms with Gasteiger partial charge in [0.2, 0.25) is 10.0 Å². The molecular formula is C30H34ClN3O3S. The van der Waals surface area contributed by atoms with E-state index in [0.717, 1.165) is 55.5 Å². The van der Waals surface area contributed by atoms with Crippen molar-refractivity contribution < 1.29 is 13.2 Å². The van der Waals surface area contributed by atoms with E-state index in [1.807, 2.05) is 42.5 Å². The molecule has 1 saturated heterocycles. The van der Waals surface area contributed by atoms with Crippen LogP contribution in [0.1, 0.15) is 53.1 Å². The molecule has 38 heavy (non-hydrogen) atoms.